The van der Waals surface area contributed by atoms with E-state index in [-0.39, 0.29) is 11.7 Å². The maximum atomic E-state index is 13.3. The van der Waals surface area contributed by atoms with Crippen LogP contribution in [0.15, 0.2) is 71.7 Å². The van der Waals surface area contributed by atoms with Crippen LogP contribution in [0.25, 0.3) is 0 Å². The van der Waals surface area contributed by atoms with Gasteiger partial charge in [0.25, 0.3) is 5.91 Å². The van der Waals surface area contributed by atoms with Crippen LogP contribution in [0, 0.1) is 19.7 Å². The summed E-state index contributed by atoms with van der Waals surface area (Å²) in [5.74, 6) is 0.331. The number of aryl methyl sites for hydroxylation is 2. The summed E-state index contributed by atoms with van der Waals surface area (Å²) in [5, 5.41) is 2.94. The van der Waals surface area contributed by atoms with Gasteiger partial charge in [-0.1, -0.05) is 24.3 Å². The zero-order chi connectivity index (χ0) is 24.1. The molecule has 176 valence electrons. The normalized spacial score (nSPS) is 14.2. The number of rotatable bonds is 4. The summed E-state index contributed by atoms with van der Waals surface area (Å²) in [6.45, 7) is 7.18. The van der Waals surface area contributed by atoms with Crippen LogP contribution in [0.5, 0.6) is 5.75 Å². The largest absolute Gasteiger partial charge is 0.494 e. The van der Waals surface area contributed by atoms with Gasteiger partial charge in [0, 0.05) is 37.4 Å². The third-order valence-electron chi connectivity index (χ3n) is 5.93. The van der Waals surface area contributed by atoms with E-state index in [1.807, 2.05) is 24.3 Å². The molecule has 0 spiro atoms. The first-order chi connectivity index (χ1) is 16.4. The summed E-state index contributed by atoms with van der Waals surface area (Å²) >= 11 is 0. The first kappa shape index (κ1) is 23.3. The van der Waals surface area contributed by atoms with Gasteiger partial charge in [-0.05, 0) is 67.4 Å². The number of amides is 1. The lowest BCUT2D eigenvalue weighted by Crippen LogP contribution is -2.53. The minimum atomic E-state index is -0.387. The number of halogens is 1. The molecule has 1 amide bonds. The number of hydrogen-bond acceptors (Lipinski definition) is 4. The molecule has 0 aromatic heterocycles. The first-order valence-corrected chi connectivity index (χ1v) is 11.3. The van der Waals surface area contributed by atoms with Crippen molar-refractivity contribution in [1.82, 2.24) is 10.2 Å². The van der Waals surface area contributed by atoms with Gasteiger partial charge in [0.05, 0.1) is 7.11 Å². The van der Waals surface area contributed by atoms with Crippen LogP contribution in [-0.4, -0.2) is 50.1 Å². The van der Waals surface area contributed by atoms with Crippen molar-refractivity contribution in [3.8, 4) is 5.75 Å². The summed E-state index contributed by atoms with van der Waals surface area (Å²) in [6, 6.07) is 19.4. The molecule has 0 aliphatic carbocycles. The topological polar surface area (TPSA) is 57.2 Å². The maximum Gasteiger partial charge on any atom is 0.257 e. The Morgan fingerprint density at radius 2 is 1.68 bits per heavy atom. The molecule has 0 unspecified atom stereocenters. The second-order valence-corrected chi connectivity index (χ2v) is 8.33. The Morgan fingerprint density at radius 3 is 2.38 bits per heavy atom. The predicted molar refractivity (Wildman–Crippen MR) is 134 cm³/mol. The zero-order valence-corrected chi connectivity index (χ0v) is 19.7. The summed E-state index contributed by atoms with van der Waals surface area (Å²) in [4.78, 5) is 22.1. The fraction of sp³-hybridized carbons (Fsp3) is 0.259. The van der Waals surface area contributed by atoms with Crippen molar-refractivity contribution in [3.05, 3.63) is 89.2 Å². The number of carbonyl (C=O) groups is 1. The van der Waals surface area contributed by atoms with E-state index >= 15 is 0 Å². The number of benzene rings is 3. The molecule has 0 bridgehead atoms. The molecule has 1 aliphatic rings. The molecule has 3 aromatic rings. The van der Waals surface area contributed by atoms with Crippen LogP contribution in [0.1, 0.15) is 21.5 Å². The van der Waals surface area contributed by atoms with Crippen LogP contribution in [-0.2, 0) is 0 Å². The van der Waals surface area contributed by atoms with E-state index in [9.17, 15) is 9.18 Å². The van der Waals surface area contributed by atoms with Crippen LogP contribution < -0.4 is 15.0 Å². The first-order valence-electron chi connectivity index (χ1n) is 11.3. The van der Waals surface area contributed by atoms with E-state index in [1.54, 1.807) is 7.11 Å². The third kappa shape index (κ3) is 5.36. The van der Waals surface area contributed by atoms with Crippen LogP contribution in [0.4, 0.5) is 15.8 Å². The molecule has 1 heterocycles. The lowest BCUT2D eigenvalue weighted by molar-refractivity contribution is 0.0971. The van der Waals surface area contributed by atoms with Gasteiger partial charge in [-0.3, -0.25) is 10.1 Å². The van der Waals surface area contributed by atoms with E-state index in [2.05, 4.69) is 47.2 Å². The minimum Gasteiger partial charge on any atom is -0.494 e. The average molecular weight is 461 g/mol. The van der Waals surface area contributed by atoms with Gasteiger partial charge < -0.3 is 14.5 Å². The zero-order valence-electron chi connectivity index (χ0n) is 19.7. The Morgan fingerprint density at radius 1 is 0.971 bits per heavy atom. The van der Waals surface area contributed by atoms with E-state index in [4.69, 9.17) is 9.73 Å². The van der Waals surface area contributed by atoms with E-state index < -0.39 is 0 Å². The van der Waals surface area contributed by atoms with Crippen LogP contribution >= 0.6 is 0 Å². The maximum absolute atomic E-state index is 13.3. The Kier molecular flexibility index (Phi) is 7.11. The van der Waals surface area contributed by atoms with Crippen molar-refractivity contribution < 1.29 is 13.9 Å². The molecule has 6 nitrogen and oxygen atoms in total. The number of nitrogens with one attached hydrogen (secondary N) is 1. The number of methoxy groups -OCH3 is 1. The molecular weight excluding hydrogens is 431 g/mol. The third-order valence-corrected chi connectivity index (χ3v) is 5.93. The molecule has 1 saturated heterocycles. The van der Waals surface area contributed by atoms with Crippen molar-refractivity contribution >= 4 is 23.2 Å². The molecule has 7 heteroatoms. The monoisotopic (exact) mass is 460 g/mol. The number of carbonyl (C=O) groups excluding carboxylic acids is 1. The van der Waals surface area contributed by atoms with Crippen molar-refractivity contribution in [2.24, 2.45) is 4.99 Å². The molecule has 0 radical (unpaired) electrons. The number of guanidine groups is 1. The van der Waals surface area contributed by atoms with Gasteiger partial charge in [-0.25, -0.2) is 9.38 Å². The molecule has 0 saturated carbocycles. The van der Waals surface area contributed by atoms with E-state index in [0.29, 0.717) is 36.0 Å². The summed E-state index contributed by atoms with van der Waals surface area (Å²) < 4.78 is 18.8. The SMILES string of the molecule is COc1ccccc1N=C(NC(=O)c1ccc(F)cc1)N1CCN(c2cc(C)ccc2C)CC1. The number of para-hydroxylation sites is 2. The Balaban J connectivity index is 1.58. The number of piperazine rings is 1. The van der Waals surface area contributed by atoms with Crippen molar-refractivity contribution in [1.29, 1.82) is 0 Å². The Hall–Kier alpha value is -3.87. The number of nitrogens with zero attached hydrogens (tertiary/aromatic N) is 3. The van der Waals surface area contributed by atoms with E-state index in [1.165, 1.54) is 41.1 Å². The minimum absolute atomic E-state index is 0.342. The van der Waals surface area contributed by atoms with Crippen LogP contribution in [0.3, 0.4) is 0 Å². The molecular formula is C27H29FN4O2. The smallest absolute Gasteiger partial charge is 0.257 e. The van der Waals surface area contributed by atoms with Gasteiger partial charge >= 0.3 is 0 Å². The fourth-order valence-electron chi connectivity index (χ4n) is 4.01. The van der Waals surface area contributed by atoms with Gasteiger partial charge in [0.15, 0.2) is 0 Å². The predicted octanol–water partition coefficient (Wildman–Crippen LogP) is 4.69. The molecule has 4 rings (SSSR count). The molecule has 1 fully saturated rings. The summed E-state index contributed by atoms with van der Waals surface area (Å²) in [7, 11) is 1.59. The van der Waals surface area contributed by atoms with E-state index in [0.717, 1.165) is 13.1 Å². The van der Waals surface area contributed by atoms with Crippen molar-refractivity contribution in [3.63, 3.8) is 0 Å². The van der Waals surface area contributed by atoms with Crippen molar-refractivity contribution in [2.45, 2.75) is 13.8 Å². The lowest BCUT2D eigenvalue weighted by Gasteiger charge is -2.38. The van der Waals surface area contributed by atoms with Gasteiger partial charge in [-0.15, -0.1) is 0 Å². The fourth-order valence-corrected chi connectivity index (χ4v) is 4.01. The number of anilines is 1. The second kappa shape index (κ2) is 10.4. The lowest BCUT2D eigenvalue weighted by atomic mass is 10.1. The number of ether oxygens (including phenoxy) is 1. The standard InChI is InChI=1S/C27H29FN4O2/c1-19-8-9-20(2)24(18-19)31-14-16-32(17-15-31)27(29-23-6-4-5-7-25(23)34-3)30-26(33)21-10-12-22(28)13-11-21/h4-13,18H,14-17H2,1-3H3,(H,29,30,33). The highest BCUT2D eigenvalue weighted by Gasteiger charge is 2.23. The quantitative estimate of drug-likeness (QED) is 0.453. The molecule has 3 aromatic carbocycles. The highest BCUT2D eigenvalue weighted by Crippen LogP contribution is 2.27. The molecule has 1 aliphatic heterocycles. The highest BCUT2D eigenvalue weighted by molar-refractivity contribution is 6.06. The van der Waals surface area contributed by atoms with Gasteiger partial charge in [0.1, 0.15) is 17.3 Å². The molecule has 0 atom stereocenters. The van der Waals surface area contributed by atoms with Gasteiger partial charge in [-0.2, -0.15) is 0 Å². The number of aliphatic imine (C=N–C) groups is 1. The highest BCUT2D eigenvalue weighted by atomic mass is 19.1. The van der Waals surface area contributed by atoms with Gasteiger partial charge in [0.2, 0.25) is 5.96 Å². The van der Waals surface area contributed by atoms with Crippen LogP contribution in [0.2, 0.25) is 0 Å². The summed E-state index contributed by atoms with van der Waals surface area (Å²) in [6.07, 6.45) is 0. The average Bonchev–Trinajstić information content (AvgIpc) is 2.86. The number of hydrogen-bond donors (Lipinski definition) is 1. The molecule has 34 heavy (non-hydrogen) atoms. The molecule has 1 N–H and O–H groups in total. The summed E-state index contributed by atoms with van der Waals surface area (Å²) in [5.41, 5.74) is 4.69. The Bertz CT molecular complexity index is 1190. The van der Waals surface area contributed by atoms with Crippen molar-refractivity contribution in [2.75, 3.05) is 38.2 Å². The second-order valence-electron chi connectivity index (χ2n) is 8.33. The Labute approximate surface area is 199 Å².